The first-order valence-corrected chi connectivity index (χ1v) is 16.5. The largest absolute Gasteiger partial charge is 0.496 e. The van der Waals surface area contributed by atoms with Crippen molar-refractivity contribution in [3.63, 3.8) is 0 Å². The maximum Gasteiger partial charge on any atom is 0.342 e. The molecule has 0 N–H and O–H groups in total. The van der Waals surface area contributed by atoms with Crippen LogP contribution in [-0.4, -0.2) is 54.1 Å². The van der Waals surface area contributed by atoms with Gasteiger partial charge in [-0.2, -0.15) is 0 Å². The highest BCUT2D eigenvalue weighted by atomic mass is 28.4. The Balaban J connectivity index is 1.72. The first-order valence-electron chi connectivity index (χ1n) is 14.6. The first kappa shape index (κ1) is 32.2. The number of rotatable bonds is 10. The van der Waals surface area contributed by atoms with Crippen LogP contribution in [0.1, 0.15) is 43.1 Å². The molecule has 3 aromatic carbocycles. The minimum Gasteiger partial charge on any atom is -0.496 e. The lowest BCUT2D eigenvalue weighted by molar-refractivity contribution is -0.100. The van der Waals surface area contributed by atoms with Gasteiger partial charge >= 0.3 is 5.97 Å². The van der Waals surface area contributed by atoms with Crippen LogP contribution in [0.2, 0.25) is 5.04 Å². The highest BCUT2D eigenvalue weighted by Gasteiger charge is 2.50. The van der Waals surface area contributed by atoms with Crippen LogP contribution in [-0.2, 0) is 18.6 Å². The van der Waals surface area contributed by atoms with E-state index in [9.17, 15) is 4.79 Å². The standard InChI is InChI=1S/C36H42O6Si/c1-36(2,3)43(29-19-11-8-12-20-29,30-21-13-9-14-22-30)41-26-25-32-31(40-27-38-4)23-15-7-6-10-17-28-18-16-24-33(39-5)34(28)35(37)42-32/h6-24,31-32H,25-27H2,1-5H3/b7-6-,17-10+,23-15-/t31-,32-/m0/s1. The Kier molecular flexibility index (Phi) is 11.3. The van der Waals surface area contributed by atoms with Gasteiger partial charge in [-0.05, 0) is 27.0 Å². The van der Waals surface area contributed by atoms with E-state index in [1.54, 1.807) is 20.3 Å². The smallest absolute Gasteiger partial charge is 0.342 e. The summed E-state index contributed by atoms with van der Waals surface area (Å²) in [5.74, 6) is -0.0445. The number of carbonyl (C=O) groups excluding carboxylic acids is 1. The van der Waals surface area contributed by atoms with Crippen molar-refractivity contribution in [2.24, 2.45) is 0 Å². The quantitative estimate of drug-likeness (QED) is 0.155. The van der Waals surface area contributed by atoms with Crippen LogP contribution in [0.5, 0.6) is 5.75 Å². The molecule has 0 aromatic heterocycles. The number of hydrogen-bond donors (Lipinski definition) is 0. The maximum atomic E-state index is 13.8. The number of methoxy groups -OCH3 is 2. The average molecular weight is 599 g/mol. The van der Waals surface area contributed by atoms with Gasteiger partial charge in [0.2, 0.25) is 0 Å². The Morgan fingerprint density at radius 1 is 0.814 bits per heavy atom. The topological polar surface area (TPSA) is 63.2 Å². The third-order valence-corrected chi connectivity index (χ3v) is 12.6. The van der Waals surface area contributed by atoms with E-state index in [0.29, 0.717) is 29.9 Å². The number of esters is 1. The summed E-state index contributed by atoms with van der Waals surface area (Å²) < 4.78 is 30.2. The number of fused-ring (bicyclic) bond motifs is 1. The first-order chi connectivity index (χ1) is 20.8. The zero-order valence-electron chi connectivity index (χ0n) is 25.7. The predicted molar refractivity (Wildman–Crippen MR) is 174 cm³/mol. The van der Waals surface area contributed by atoms with Gasteiger partial charge in [-0.15, -0.1) is 0 Å². The second kappa shape index (κ2) is 15.1. The molecule has 1 aliphatic heterocycles. The summed E-state index contributed by atoms with van der Waals surface area (Å²) in [6.45, 7) is 7.12. The fourth-order valence-corrected chi connectivity index (χ4v) is 10.1. The Bertz CT molecular complexity index is 1370. The van der Waals surface area contributed by atoms with Crippen molar-refractivity contribution < 1.29 is 28.2 Å². The molecular weight excluding hydrogens is 556 g/mol. The molecule has 1 heterocycles. The van der Waals surface area contributed by atoms with Crippen LogP contribution >= 0.6 is 0 Å². The number of hydrogen-bond acceptors (Lipinski definition) is 6. The van der Waals surface area contributed by atoms with Gasteiger partial charge in [-0.3, -0.25) is 0 Å². The van der Waals surface area contributed by atoms with E-state index < -0.39 is 26.5 Å². The molecule has 0 bridgehead atoms. The number of carbonyl (C=O) groups is 1. The molecule has 0 unspecified atom stereocenters. The van der Waals surface area contributed by atoms with Gasteiger partial charge in [0.15, 0.2) is 0 Å². The molecule has 0 fully saturated rings. The molecule has 3 aromatic rings. The Hall–Kier alpha value is -3.75. The molecule has 226 valence electrons. The Morgan fingerprint density at radius 2 is 1.47 bits per heavy atom. The Morgan fingerprint density at radius 3 is 2.07 bits per heavy atom. The summed E-state index contributed by atoms with van der Waals surface area (Å²) in [5, 5.41) is 2.19. The van der Waals surface area contributed by atoms with Crippen molar-refractivity contribution in [3.8, 4) is 5.75 Å². The molecule has 0 amide bonds. The van der Waals surface area contributed by atoms with E-state index in [0.717, 1.165) is 0 Å². The van der Waals surface area contributed by atoms with Gasteiger partial charge in [-0.1, -0.05) is 130 Å². The Labute approximate surface area is 256 Å². The molecule has 0 spiro atoms. The third-order valence-electron chi connectivity index (χ3n) is 7.53. The summed E-state index contributed by atoms with van der Waals surface area (Å²) in [4.78, 5) is 13.8. The number of benzene rings is 3. The SMILES string of the molecule is COCO[C@H]1\C=C/C=C\C=C\c2cccc(OC)c2C(=O)O[C@H]1CCO[Si](c1ccccc1)(c1ccccc1)C(C)(C)C. The van der Waals surface area contributed by atoms with Crippen LogP contribution in [0.25, 0.3) is 6.08 Å². The molecular formula is C36H42O6Si. The molecule has 7 heteroatoms. The number of cyclic esters (lactones) is 1. The molecule has 2 atom stereocenters. The van der Waals surface area contributed by atoms with Gasteiger partial charge in [0.25, 0.3) is 8.32 Å². The van der Waals surface area contributed by atoms with Gasteiger partial charge in [0.1, 0.15) is 30.3 Å². The summed E-state index contributed by atoms with van der Waals surface area (Å²) in [5.41, 5.74) is 1.07. The zero-order chi connectivity index (χ0) is 30.7. The molecule has 43 heavy (non-hydrogen) atoms. The van der Waals surface area contributed by atoms with E-state index in [4.69, 9.17) is 23.4 Å². The predicted octanol–water partition coefficient (Wildman–Crippen LogP) is 6.32. The number of allylic oxidation sites excluding steroid dienone is 4. The van der Waals surface area contributed by atoms with Crippen molar-refractivity contribution in [2.75, 3.05) is 27.6 Å². The van der Waals surface area contributed by atoms with Crippen LogP contribution in [0, 0.1) is 0 Å². The van der Waals surface area contributed by atoms with E-state index >= 15 is 0 Å². The van der Waals surface area contributed by atoms with Gasteiger partial charge in [0.05, 0.1) is 7.11 Å². The molecule has 0 saturated carbocycles. The maximum absolute atomic E-state index is 13.8. The molecule has 0 saturated heterocycles. The highest BCUT2D eigenvalue weighted by molar-refractivity contribution is 6.99. The monoisotopic (exact) mass is 598 g/mol. The molecule has 6 nitrogen and oxygen atoms in total. The van der Waals surface area contributed by atoms with Crippen LogP contribution in [0.3, 0.4) is 0 Å². The summed E-state index contributed by atoms with van der Waals surface area (Å²) in [6, 6.07) is 26.4. The average Bonchev–Trinajstić information content (AvgIpc) is 3.01. The minimum atomic E-state index is -2.79. The fraction of sp³-hybridized carbons (Fsp3) is 0.306. The van der Waals surface area contributed by atoms with Crippen molar-refractivity contribution >= 4 is 30.7 Å². The molecule has 0 aliphatic carbocycles. The fourth-order valence-electron chi connectivity index (χ4n) is 5.55. The van der Waals surface area contributed by atoms with Crippen LogP contribution in [0.15, 0.2) is 109 Å². The van der Waals surface area contributed by atoms with Crippen LogP contribution < -0.4 is 15.1 Å². The normalized spacial score (nSPS) is 19.7. The van der Waals surface area contributed by atoms with Crippen molar-refractivity contribution in [3.05, 3.63) is 120 Å². The van der Waals surface area contributed by atoms with E-state index in [2.05, 4.69) is 69.3 Å². The third kappa shape index (κ3) is 7.61. The van der Waals surface area contributed by atoms with Gasteiger partial charge < -0.3 is 23.4 Å². The summed E-state index contributed by atoms with van der Waals surface area (Å²) in [7, 11) is 0.324. The van der Waals surface area contributed by atoms with Gasteiger partial charge in [-0.25, -0.2) is 4.79 Å². The molecule has 1 aliphatic rings. The second-order valence-corrected chi connectivity index (χ2v) is 15.6. The number of ether oxygens (including phenoxy) is 4. The van der Waals surface area contributed by atoms with E-state index in [-0.39, 0.29) is 11.8 Å². The van der Waals surface area contributed by atoms with Crippen molar-refractivity contribution in [1.82, 2.24) is 0 Å². The lowest BCUT2D eigenvalue weighted by atomic mass is 10.0. The highest BCUT2D eigenvalue weighted by Crippen LogP contribution is 2.37. The van der Waals surface area contributed by atoms with Gasteiger partial charge in [0, 0.05) is 20.1 Å². The van der Waals surface area contributed by atoms with Crippen molar-refractivity contribution in [2.45, 2.75) is 44.4 Å². The summed E-state index contributed by atoms with van der Waals surface area (Å²) in [6.07, 6.45) is 10.5. The lowest BCUT2D eigenvalue weighted by Crippen LogP contribution is -2.66. The lowest BCUT2D eigenvalue weighted by Gasteiger charge is -2.43. The second-order valence-electron chi connectivity index (χ2n) is 11.3. The van der Waals surface area contributed by atoms with E-state index in [1.165, 1.54) is 10.4 Å². The zero-order valence-corrected chi connectivity index (χ0v) is 26.7. The van der Waals surface area contributed by atoms with E-state index in [1.807, 2.05) is 60.7 Å². The van der Waals surface area contributed by atoms with Crippen LogP contribution in [0.4, 0.5) is 0 Å². The minimum absolute atomic E-state index is 0.0438. The molecule has 0 radical (unpaired) electrons. The summed E-state index contributed by atoms with van der Waals surface area (Å²) >= 11 is 0. The van der Waals surface area contributed by atoms with Crippen molar-refractivity contribution in [1.29, 1.82) is 0 Å². The molecule has 4 rings (SSSR count).